The number of anilines is 1. The minimum Gasteiger partial charge on any atom is -0.459 e. The number of carbonyl (C=O) groups is 2. The Morgan fingerprint density at radius 2 is 1.53 bits per heavy atom. The second-order valence-electron chi connectivity index (χ2n) is 16.2. The van der Waals surface area contributed by atoms with Gasteiger partial charge in [0.2, 0.25) is 11.8 Å². The molecule has 0 spiro atoms. The summed E-state index contributed by atoms with van der Waals surface area (Å²) in [6.45, 7) is 9.00. The van der Waals surface area contributed by atoms with Crippen molar-refractivity contribution >= 4 is 49.4 Å². The van der Waals surface area contributed by atoms with Gasteiger partial charge in [-0.25, -0.2) is 0 Å². The molecule has 2 saturated heterocycles. The molecular formula is C45H52BNO7Si. The second-order valence-corrected chi connectivity index (χ2v) is 20.5. The van der Waals surface area contributed by atoms with E-state index in [4.69, 9.17) is 13.5 Å². The first-order chi connectivity index (χ1) is 26.6. The van der Waals surface area contributed by atoms with Gasteiger partial charge in [0.25, 0.3) is 8.32 Å². The number of amides is 2. The molecule has 0 saturated carbocycles. The maximum Gasteiger partial charge on any atom is 0.455 e. The number of imide groups is 1. The number of aliphatic hydroxyl groups excluding tert-OH is 1. The quantitative estimate of drug-likeness (QED) is 0.0837. The number of hydrogen-bond donors (Lipinski definition) is 2. The van der Waals surface area contributed by atoms with Crippen LogP contribution in [0.5, 0.6) is 0 Å². The number of aliphatic hydroxyl groups is 1. The van der Waals surface area contributed by atoms with Crippen molar-refractivity contribution < 1.29 is 33.2 Å². The third kappa shape index (κ3) is 7.63. The first-order valence-electron chi connectivity index (χ1n) is 19.7. The largest absolute Gasteiger partial charge is 0.459 e. The summed E-state index contributed by atoms with van der Waals surface area (Å²) in [5.41, 5.74) is 3.73. The van der Waals surface area contributed by atoms with E-state index in [0.717, 1.165) is 34.4 Å². The van der Waals surface area contributed by atoms with Crippen LogP contribution < -0.4 is 15.3 Å². The molecule has 8 nitrogen and oxygen atoms in total. The molecule has 3 aromatic carbocycles. The van der Waals surface area contributed by atoms with Gasteiger partial charge in [0.15, 0.2) is 0 Å². The number of fused-ring (bicyclic) bond motifs is 3. The molecule has 2 aliphatic heterocycles. The van der Waals surface area contributed by atoms with Gasteiger partial charge in [-0.15, -0.1) is 0 Å². The van der Waals surface area contributed by atoms with Crippen LogP contribution in [0.2, 0.25) is 11.4 Å². The van der Waals surface area contributed by atoms with Gasteiger partial charge in [-0.1, -0.05) is 119 Å². The highest BCUT2D eigenvalue weighted by Crippen LogP contribution is 2.52. The summed E-state index contributed by atoms with van der Waals surface area (Å²) in [7, 11) is -4.05. The molecule has 1 aromatic heterocycles. The fourth-order valence-electron chi connectivity index (χ4n) is 9.35. The van der Waals surface area contributed by atoms with Crippen LogP contribution in [0.25, 0.3) is 6.08 Å². The van der Waals surface area contributed by atoms with E-state index in [1.165, 1.54) is 10.5 Å². The van der Waals surface area contributed by atoms with Crippen LogP contribution in [-0.4, -0.2) is 50.1 Å². The molecule has 2 fully saturated rings. The maximum absolute atomic E-state index is 14.4. The predicted octanol–water partition coefficient (Wildman–Crippen LogP) is 7.31. The molecule has 4 aromatic rings. The van der Waals surface area contributed by atoms with Crippen LogP contribution in [0.15, 0.2) is 124 Å². The molecule has 0 radical (unpaired) electrons. The number of benzene rings is 3. The van der Waals surface area contributed by atoms with Crippen molar-refractivity contribution in [2.45, 2.75) is 83.9 Å². The Morgan fingerprint density at radius 1 is 0.891 bits per heavy atom. The van der Waals surface area contributed by atoms with Crippen LogP contribution >= 0.6 is 0 Å². The lowest BCUT2D eigenvalue weighted by molar-refractivity contribution is -0.122. The van der Waals surface area contributed by atoms with E-state index in [2.05, 4.69) is 76.2 Å². The normalized spacial score (nSPS) is 22.0. The standard InChI is InChI=1S/C45H52BNO7Si/c1-5-15-31(26-34-23-24-35(29-48)53-34)22-25-40-41-32(30-52-55(45(2,3)4,36-18-11-7-12-19-36)37-20-13-8-14-21-37)27-38-42(39(41)28-46(51)54-40)44(50)47(43(38)49)33-16-9-6-10-17-33/h6-14,16-21,23-24,26,38-40,42,48,51H,5,15,22,25,27-30H2,1-4H3/b31-26+/t38-,39+,40-,42-/m1/s1. The van der Waals surface area contributed by atoms with E-state index < -0.39 is 33.4 Å². The van der Waals surface area contributed by atoms with Crippen molar-refractivity contribution in [1.29, 1.82) is 0 Å². The highest BCUT2D eigenvalue weighted by Gasteiger charge is 2.58. The number of nitrogens with zero attached hydrogens (tertiary/aromatic N) is 1. The zero-order valence-corrected chi connectivity index (χ0v) is 33.3. The summed E-state index contributed by atoms with van der Waals surface area (Å²) < 4.78 is 19.8. The van der Waals surface area contributed by atoms with E-state index in [1.54, 1.807) is 18.2 Å². The lowest BCUT2D eigenvalue weighted by atomic mass is 9.58. The molecular weight excluding hydrogens is 705 g/mol. The molecule has 0 unspecified atom stereocenters. The molecule has 10 heteroatoms. The third-order valence-corrected chi connectivity index (χ3v) is 16.7. The maximum atomic E-state index is 14.4. The Kier molecular flexibility index (Phi) is 11.6. The number of para-hydroxylation sites is 1. The monoisotopic (exact) mass is 757 g/mol. The highest BCUT2D eigenvalue weighted by atomic mass is 28.4. The summed E-state index contributed by atoms with van der Waals surface area (Å²) in [6, 6.07) is 33.8. The van der Waals surface area contributed by atoms with Crippen LogP contribution in [0.3, 0.4) is 0 Å². The number of rotatable bonds is 13. The first kappa shape index (κ1) is 38.9. The van der Waals surface area contributed by atoms with Gasteiger partial charge >= 0.3 is 7.12 Å². The molecule has 2 amide bonds. The van der Waals surface area contributed by atoms with Gasteiger partial charge < -0.3 is 23.6 Å². The molecule has 2 N–H and O–H groups in total. The van der Waals surface area contributed by atoms with Crippen molar-refractivity contribution in [2.75, 3.05) is 11.5 Å². The Hall–Kier alpha value is -4.32. The number of carbonyl (C=O) groups excluding carboxylic acids is 2. The van der Waals surface area contributed by atoms with Crippen molar-refractivity contribution in [2.24, 2.45) is 17.8 Å². The smallest absolute Gasteiger partial charge is 0.455 e. The third-order valence-electron chi connectivity index (χ3n) is 11.7. The Bertz CT molecular complexity index is 1980. The van der Waals surface area contributed by atoms with E-state index in [-0.39, 0.29) is 42.3 Å². The van der Waals surface area contributed by atoms with Gasteiger partial charge in [0, 0.05) is 0 Å². The van der Waals surface area contributed by atoms with Gasteiger partial charge in [0.05, 0.1) is 30.2 Å². The SMILES string of the molecule is CCC/C(=C\c1ccc(CO)o1)CC[C@H]1OB(O)C[C@H]2C1=C(CO[Si](c1ccccc1)(c1ccccc1)C(C)(C)C)C[C@H]1C(=O)N(c3ccccc3)C(=O)[C@H]12. The highest BCUT2D eigenvalue weighted by molar-refractivity contribution is 6.99. The van der Waals surface area contributed by atoms with E-state index in [9.17, 15) is 19.7 Å². The van der Waals surface area contributed by atoms with Crippen molar-refractivity contribution in [3.8, 4) is 0 Å². The van der Waals surface area contributed by atoms with Crippen LogP contribution in [0, 0.1) is 17.8 Å². The molecule has 0 bridgehead atoms. The van der Waals surface area contributed by atoms with Gasteiger partial charge in [0.1, 0.15) is 18.1 Å². The van der Waals surface area contributed by atoms with Crippen molar-refractivity contribution in [3.63, 3.8) is 0 Å². The van der Waals surface area contributed by atoms with E-state index in [1.807, 2.05) is 42.5 Å². The van der Waals surface area contributed by atoms with E-state index >= 15 is 0 Å². The summed E-state index contributed by atoms with van der Waals surface area (Å²) >= 11 is 0. The second kappa shape index (κ2) is 16.4. The summed E-state index contributed by atoms with van der Waals surface area (Å²) in [6.07, 6.45) is 5.20. The molecule has 7 rings (SSSR count). The van der Waals surface area contributed by atoms with Gasteiger partial charge in [-0.2, -0.15) is 0 Å². The molecule has 1 aliphatic carbocycles. The number of furan rings is 1. The topological polar surface area (TPSA) is 109 Å². The number of allylic oxidation sites excluding steroid dienone is 1. The van der Waals surface area contributed by atoms with Gasteiger partial charge in [-0.05, 0) is 94.8 Å². The van der Waals surface area contributed by atoms with Crippen molar-refractivity contribution in [1.82, 2.24) is 0 Å². The molecule has 3 aliphatic rings. The predicted molar refractivity (Wildman–Crippen MR) is 219 cm³/mol. The van der Waals surface area contributed by atoms with Crippen LogP contribution in [0.4, 0.5) is 5.69 Å². The summed E-state index contributed by atoms with van der Waals surface area (Å²) in [4.78, 5) is 30.1. The van der Waals surface area contributed by atoms with Crippen LogP contribution in [-0.2, 0) is 25.3 Å². The minimum atomic E-state index is -2.97. The minimum absolute atomic E-state index is 0.163. The summed E-state index contributed by atoms with van der Waals surface area (Å²) in [5, 5.41) is 22.9. The Labute approximate surface area is 326 Å². The zero-order valence-electron chi connectivity index (χ0n) is 32.3. The van der Waals surface area contributed by atoms with Crippen LogP contribution in [0.1, 0.15) is 71.3 Å². The average Bonchev–Trinajstić information content (AvgIpc) is 3.75. The fourth-order valence-corrected chi connectivity index (χ4v) is 13.9. The lowest BCUT2D eigenvalue weighted by Crippen LogP contribution is -2.66. The van der Waals surface area contributed by atoms with E-state index in [0.29, 0.717) is 36.5 Å². The molecule has 55 heavy (non-hydrogen) atoms. The fraction of sp³-hybridized carbons (Fsp3) is 0.378. The van der Waals surface area contributed by atoms with Gasteiger partial charge in [-0.3, -0.25) is 14.5 Å². The lowest BCUT2D eigenvalue weighted by Gasteiger charge is -2.46. The van der Waals surface area contributed by atoms with Crippen molar-refractivity contribution in [3.05, 3.63) is 131 Å². The zero-order chi connectivity index (χ0) is 38.7. The first-order valence-corrected chi connectivity index (χ1v) is 21.6. The average molecular weight is 758 g/mol. The Morgan fingerprint density at radius 3 is 2.11 bits per heavy atom. The Balaban J connectivity index is 1.31. The molecule has 4 atom stereocenters. The molecule has 286 valence electrons. The summed E-state index contributed by atoms with van der Waals surface area (Å²) in [5.74, 6) is -0.776. The molecule has 3 heterocycles. The number of hydrogen-bond acceptors (Lipinski definition) is 7.